The molecule has 6 heteroatoms. The van der Waals surface area contributed by atoms with Crippen LogP contribution in [-0.4, -0.2) is 46.0 Å². The first-order valence-electron chi connectivity index (χ1n) is 9.52. The van der Waals surface area contributed by atoms with Gasteiger partial charge in [0.2, 0.25) is 0 Å². The molecule has 0 bridgehead atoms. The van der Waals surface area contributed by atoms with Gasteiger partial charge in [0.05, 0.1) is 12.7 Å². The summed E-state index contributed by atoms with van der Waals surface area (Å²) >= 11 is 6.44. The Morgan fingerprint density at radius 2 is 1.96 bits per heavy atom. The van der Waals surface area contributed by atoms with Gasteiger partial charge >= 0.3 is 5.97 Å². The first-order chi connectivity index (χ1) is 13.0. The first-order valence-corrected chi connectivity index (χ1v) is 9.96. The zero-order chi connectivity index (χ0) is 19.6. The largest absolute Gasteiger partial charge is 0.493 e. The Bertz CT molecular complexity index is 601. The number of carbonyl (C=O) groups is 1. The number of aliphatic carboxylic acids is 1. The van der Waals surface area contributed by atoms with E-state index in [1.54, 1.807) is 0 Å². The summed E-state index contributed by atoms with van der Waals surface area (Å²) in [6, 6.07) is 7.61. The predicted octanol–water partition coefficient (Wildman–Crippen LogP) is 3.41. The number of aliphatic hydroxyl groups excluding tert-OH is 2. The van der Waals surface area contributed by atoms with Crippen molar-refractivity contribution in [3.05, 3.63) is 42.0 Å². The van der Waals surface area contributed by atoms with Crippen LogP contribution in [0.25, 0.3) is 0 Å². The van der Waals surface area contributed by atoms with E-state index in [1.165, 1.54) is 0 Å². The molecule has 1 saturated carbocycles. The number of allylic oxidation sites excluding steroid dienone is 2. The van der Waals surface area contributed by atoms with Crippen molar-refractivity contribution in [2.75, 3.05) is 13.2 Å². The molecule has 0 radical (unpaired) electrons. The van der Waals surface area contributed by atoms with Crippen LogP contribution in [0.2, 0.25) is 0 Å². The van der Waals surface area contributed by atoms with Gasteiger partial charge in [-0.05, 0) is 55.7 Å². The standard InChI is InChI=1S/C21H29ClO5/c22-19-13-20(24)18(17(19)5-3-1-2-4-6-21(25)26)14-27-16-9-7-15(8-10-16)11-12-23/h1,3,7-10,17-20,23-24H,2,4-6,11-14H2,(H,25,26)/b3-1-. The molecule has 1 aliphatic rings. The van der Waals surface area contributed by atoms with E-state index >= 15 is 0 Å². The minimum atomic E-state index is -0.773. The summed E-state index contributed by atoms with van der Waals surface area (Å²) in [5, 5.41) is 27.8. The highest BCUT2D eigenvalue weighted by Crippen LogP contribution is 2.39. The molecule has 1 aliphatic carbocycles. The lowest BCUT2D eigenvalue weighted by Crippen LogP contribution is -2.27. The predicted molar refractivity (Wildman–Crippen MR) is 105 cm³/mol. The summed E-state index contributed by atoms with van der Waals surface area (Å²) < 4.78 is 5.87. The first kappa shape index (κ1) is 21.7. The number of aliphatic hydroxyl groups is 2. The number of carboxylic acid groups (broad SMARTS) is 1. The SMILES string of the molecule is O=C(O)CCC/C=C\CC1C(Cl)CC(O)C1COc1ccc(CCO)cc1. The molecule has 5 nitrogen and oxygen atoms in total. The zero-order valence-corrected chi connectivity index (χ0v) is 16.2. The molecular formula is C21H29ClO5. The molecule has 4 unspecified atom stereocenters. The molecule has 0 spiro atoms. The number of hydrogen-bond donors (Lipinski definition) is 3. The molecule has 0 aromatic heterocycles. The maximum atomic E-state index is 10.5. The van der Waals surface area contributed by atoms with Crippen molar-refractivity contribution in [3.63, 3.8) is 0 Å². The van der Waals surface area contributed by atoms with Gasteiger partial charge < -0.3 is 20.1 Å². The van der Waals surface area contributed by atoms with Crippen LogP contribution in [0.15, 0.2) is 36.4 Å². The quantitative estimate of drug-likeness (QED) is 0.303. The molecule has 1 aromatic rings. The Balaban J connectivity index is 1.83. The second-order valence-corrected chi connectivity index (χ2v) is 7.63. The van der Waals surface area contributed by atoms with Gasteiger partial charge in [-0.25, -0.2) is 0 Å². The summed E-state index contributed by atoms with van der Waals surface area (Å²) in [7, 11) is 0. The van der Waals surface area contributed by atoms with Gasteiger partial charge in [-0.3, -0.25) is 4.79 Å². The number of carboxylic acids is 1. The molecule has 0 amide bonds. The van der Waals surface area contributed by atoms with Gasteiger partial charge in [-0.2, -0.15) is 0 Å². The van der Waals surface area contributed by atoms with Crippen molar-refractivity contribution in [2.45, 2.75) is 50.0 Å². The molecule has 1 aromatic carbocycles. The minimum Gasteiger partial charge on any atom is -0.493 e. The van der Waals surface area contributed by atoms with Gasteiger partial charge in [-0.15, -0.1) is 11.6 Å². The third-order valence-electron chi connectivity index (χ3n) is 5.08. The third kappa shape index (κ3) is 7.17. The molecule has 2 rings (SSSR count). The van der Waals surface area contributed by atoms with Crippen molar-refractivity contribution >= 4 is 17.6 Å². The fraction of sp³-hybridized carbons (Fsp3) is 0.571. The van der Waals surface area contributed by atoms with Crippen LogP contribution in [0.1, 0.15) is 37.7 Å². The van der Waals surface area contributed by atoms with E-state index in [1.807, 2.05) is 36.4 Å². The number of hydrogen-bond acceptors (Lipinski definition) is 4. The van der Waals surface area contributed by atoms with Gasteiger partial charge in [0, 0.05) is 24.3 Å². The lowest BCUT2D eigenvalue weighted by atomic mass is 9.92. The van der Waals surface area contributed by atoms with E-state index in [0.29, 0.717) is 25.9 Å². The van der Waals surface area contributed by atoms with E-state index in [9.17, 15) is 9.90 Å². The monoisotopic (exact) mass is 396 g/mol. The lowest BCUT2D eigenvalue weighted by molar-refractivity contribution is -0.137. The minimum absolute atomic E-state index is 0.0340. The Morgan fingerprint density at radius 1 is 1.22 bits per heavy atom. The molecule has 0 saturated heterocycles. The van der Waals surface area contributed by atoms with Gasteiger partial charge in [-0.1, -0.05) is 24.3 Å². The number of halogens is 1. The van der Waals surface area contributed by atoms with Crippen LogP contribution in [0, 0.1) is 11.8 Å². The maximum Gasteiger partial charge on any atom is 0.303 e. The van der Waals surface area contributed by atoms with Crippen molar-refractivity contribution in [3.8, 4) is 5.75 Å². The summed E-state index contributed by atoms with van der Waals surface area (Å²) in [4.78, 5) is 10.5. The van der Waals surface area contributed by atoms with E-state index in [4.69, 9.17) is 26.6 Å². The summed E-state index contributed by atoms with van der Waals surface area (Å²) in [5.41, 5.74) is 1.05. The second kappa shape index (κ2) is 11.3. The summed E-state index contributed by atoms with van der Waals surface area (Å²) in [6.07, 6.45) is 7.02. The molecule has 0 aliphatic heterocycles. The van der Waals surface area contributed by atoms with Crippen LogP contribution >= 0.6 is 11.6 Å². The lowest BCUT2D eigenvalue weighted by Gasteiger charge is -2.22. The van der Waals surface area contributed by atoms with Crippen LogP contribution in [-0.2, 0) is 11.2 Å². The smallest absolute Gasteiger partial charge is 0.303 e. The number of benzene rings is 1. The Morgan fingerprint density at radius 3 is 2.63 bits per heavy atom. The van der Waals surface area contributed by atoms with E-state index < -0.39 is 12.1 Å². The number of ether oxygens (including phenoxy) is 1. The van der Waals surface area contributed by atoms with Crippen LogP contribution in [0.3, 0.4) is 0 Å². The van der Waals surface area contributed by atoms with E-state index in [0.717, 1.165) is 24.2 Å². The van der Waals surface area contributed by atoms with Crippen molar-refractivity contribution < 1.29 is 24.9 Å². The number of alkyl halides is 1. The molecule has 0 heterocycles. The fourth-order valence-electron chi connectivity index (χ4n) is 3.51. The van der Waals surface area contributed by atoms with Crippen molar-refractivity contribution in [1.29, 1.82) is 0 Å². The topological polar surface area (TPSA) is 87.0 Å². The van der Waals surface area contributed by atoms with Gasteiger partial charge in [0.25, 0.3) is 0 Å². The molecule has 4 atom stereocenters. The maximum absolute atomic E-state index is 10.5. The number of rotatable bonds is 11. The number of unbranched alkanes of at least 4 members (excludes halogenated alkanes) is 1. The molecule has 1 fully saturated rings. The van der Waals surface area contributed by atoms with Crippen molar-refractivity contribution in [2.24, 2.45) is 11.8 Å². The summed E-state index contributed by atoms with van der Waals surface area (Å²) in [6.45, 7) is 0.526. The van der Waals surface area contributed by atoms with Crippen molar-refractivity contribution in [1.82, 2.24) is 0 Å². The Hall–Kier alpha value is -1.56. The van der Waals surface area contributed by atoms with E-state index in [-0.39, 0.29) is 30.2 Å². The highest BCUT2D eigenvalue weighted by atomic mass is 35.5. The zero-order valence-electron chi connectivity index (χ0n) is 15.5. The second-order valence-electron chi connectivity index (χ2n) is 7.07. The third-order valence-corrected chi connectivity index (χ3v) is 5.58. The van der Waals surface area contributed by atoms with Crippen LogP contribution in [0.5, 0.6) is 5.75 Å². The normalized spacial score (nSPS) is 25.1. The Kier molecular flexibility index (Phi) is 9.11. The molecule has 3 N–H and O–H groups in total. The Labute approximate surface area is 165 Å². The van der Waals surface area contributed by atoms with E-state index in [2.05, 4.69) is 0 Å². The molecule has 150 valence electrons. The fourth-order valence-corrected chi connectivity index (χ4v) is 3.98. The van der Waals surface area contributed by atoms with Crippen LogP contribution in [0.4, 0.5) is 0 Å². The highest BCUT2D eigenvalue weighted by molar-refractivity contribution is 6.21. The molecule has 27 heavy (non-hydrogen) atoms. The highest BCUT2D eigenvalue weighted by Gasteiger charge is 2.41. The van der Waals surface area contributed by atoms with Gasteiger partial charge in [0.1, 0.15) is 5.75 Å². The van der Waals surface area contributed by atoms with Gasteiger partial charge in [0.15, 0.2) is 0 Å². The van der Waals surface area contributed by atoms with Crippen LogP contribution < -0.4 is 4.74 Å². The summed E-state index contributed by atoms with van der Waals surface area (Å²) in [5.74, 6) is 0.0639. The average Bonchev–Trinajstić information content (AvgIpc) is 2.90. The average molecular weight is 397 g/mol. The molecular weight excluding hydrogens is 368 g/mol.